The van der Waals surface area contributed by atoms with Gasteiger partial charge >= 0.3 is 0 Å². The van der Waals surface area contributed by atoms with Crippen LogP contribution in [0.15, 0.2) is 46.0 Å². The Kier molecular flexibility index (Phi) is 5.93. The molecule has 1 amide bonds. The Labute approximate surface area is 144 Å². The van der Waals surface area contributed by atoms with Crippen molar-refractivity contribution in [3.8, 4) is 5.75 Å². The zero-order chi connectivity index (χ0) is 16.8. The first-order chi connectivity index (χ1) is 11.0. The molecule has 0 aliphatic carbocycles. The fourth-order valence-corrected chi connectivity index (χ4v) is 2.81. The molecule has 1 N–H and O–H groups in total. The van der Waals surface area contributed by atoms with Crippen LogP contribution in [-0.4, -0.2) is 18.7 Å². The fourth-order valence-electron chi connectivity index (χ4n) is 2.13. The Balaban J connectivity index is 1.87. The number of hydrogen-bond donors (Lipinski definition) is 1. The number of nitrogens with one attached hydrogen (secondary N) is 1. The molecule has 0 saturated heterocycles. The van der Waals surface area contributed by atoms with Gasteiger partial charge in [-0.1, -0.05) is 45.8 Å². The number of hydrazone groups is 1. The van der Waals surface area contributed by atoms with Crippen molar-refractivity contribution in [3.05, 3.63) is 63.1 Å². The highest BCUT2D eigenvalue weighted by Gasteiger charge is 2.08. The van der Waals surface area contributed by atoms with Crippen molar-refractivity contribution in [2.75, 3.05) is 6.61 Å². The first-order valence-electron chi connectivity index (χ1n) is 7.24. The summed E-state index contributed by atoms with van der Waals surface area (Å²) >= 11 is 3.43. The van der Waals surface area contributed by atoms with Crippen molar-refractivity contribution in [3.63, 3.8) is 0 Å². The molecule has 0 aromatic heterocycles. The molecular formula is C18H19BrN2O2. The van der Waals surface area contributed by atoms with Gasteiger partial charge in [0.15, 0.2) is 6.61 Å². The van der Waals surface area contributed by atoms with Crippen molar-refractivity contribution >= 4 is 28.1 Å². The zero-order valence-corrected chi connectivity index (χ0v) is 15.0. The van der Waals surface area contributed by atoms with E-state index in [1.54, 1.807) is 6.21 Å². The predicted molar refractivity (Wildman–Crippen MR) is 96.0 cm³/mol. The molecule has 0 spiro atoms. The molecule has 120 valence electrons. The van der Waals surface area contributed by atoms with E-state index < -0.39 is 0 Å². The second-order valence-corrected chi connectivity index (χ2v) is 6.28. The minimum Gasteiger partial charge on any atom is -0.483 e. The van der Waals surface area contributed by atoms with Crippen LogP contribution >= 0.6 is 15.9 Å². The smallest absolute Gasteiger partial charge is 0.277 e. The van der Waals surface area contributed by atoms with Crippen LogP contribution in [-0.2, 0) is 4.79 Å². The molecule has 0 aliphatic rings. The third-order valence-electron chi connectivity index (χ3n) is 3.25. The zero-order valence-electron chi connectivity index (χ0n) is 13.4. The van der Waals surface area contributed by atoms with Crippen molar-refractivity contribution in [1.82, 2.24) is 5.43 Å². The number of aryl methyl sites for hydroxylation is 3. The maximum atomic E-state index is 11.8. The average Bonchev–Trinajstić information content (AvgIpc) is 2.48. The molecule has 5 heteroatoms. The van der Waals surface area contributed by atoms with Crippen LogP contribution in [0.1, 0.15) is 22.3 Å². The van der Waals surface area contributed by atoms with Crippen molar-refractivity contribution in [1.29, 1.82) is 0 Å². The number of rotatable bonds is 5. The van der Waals surface area contributed by atoms with E-state index in [2.05, 4.69) is 26.5 Å². The van der Waals surface area contributed by atoms with E-state index in [1.807, 2.05) is 57.2 Å². The average molecular weight is 375 g/mol. The maximum absolute atomic E-state index is 11.8. The molecule has 0 unspecified atom stereocenters. The lowest BCUT2D eigenvalue weighted by Gasteiger charge is -2.11. The van der Waals surface area contributed by atoms with Gasteiger partial charge in [-0.2, -0.15) is 5.10 Å². The first-order valence-corrected chi connectivity index (χ1v) is 8.03. The van der Waals surface area contributed by atoms with Crippen LogP contribution in [0.5, 0.6) is 5.75 Å². The van der Waals surface area contributed by atoms with E-state index in [1.165, 1.54) is 5.56 Å². The fraction of sp³-hybridized carbons (Fsp3) is 0.222. The van der Waals surface area contributed by atoms with Gasteiger partial charge in [0.05, 0.1) is 6.21 Å². The summed E-state index contributed by atoms with van der Waals surface area (Å²) in [4.78, 5) is 11.8. The summed E-state index contributed by atoms with van der Waals surface area (Å²) in [7, 11) is 0. The van der Waals surface area contributed by atoms with Crippen molar-refractivity contribution in [2.24, 2.45) is 5.10 Å². The van der Waals surface area contributed by atoms with Gasteiger partial charge in [-0.05, 0) is 49.6 Å². The molecule has 0 radical (unpaired) electrons. The van der Waals surface area contributed by atoms with Crippen molar-refractivity contribution < 1.29 is 9.53 Å². The standard InChI is InChI=1S/C18H19BrN2O2/c1-12-4-6-15(7-5-12)10-20-21-17(22)11-23-18-13(2)8-16(19)9-14(18)3/h4-10H,11H2,1-3H3,(H,21,22)/b20-10+. The van der Waals surface area contributed by atoms with Crippen LogP contribution < -0.4 is 10.2 Å². The Morgan fingerprint density at radius 2 is 1.78 bits per heavy atom. The summed E-state index contributed by atoms with van der Waals surface area (Å²) in [5.74, 6) is 0.431. The molecule has 2 aromatic rings. The molecule has 4 nitrogen and oxygen atoms in total. The van der Waals surface area contributed by atoms with Gasteiger partial charge in [-0.3, -0.25) is 4.79 Å². The molecular weight excluding hydrogens is 356 g/mol. The molecule has 0 aliphatic heterocycles. The van der Waals surface area contributed by atoms with Gasteiger partial charge in [0, 0.05) is 4.47 Å². The lowest BCUT2D eigenvalue weighted by Crippen LogP contribution is -2.25. The molecule has 23 heavy (non-hydrogen) atoms. The third kappa shape index (κ3) is 5.21. The highest BCUT2D eigenvalue weighted by atomic mass is 79.9. The van der Waals surface area contributed by atoms with Gasteiger partial charge in [0.1, 0.15) is 5.75 Å². The topological polar surface area (TPSA) is 50.7 Å². The number of nitrogens with zero attached hydrogens (tertiary/aromatic N) is 1. The summed E-state index contributed by atoms with van der Waals surface area (Å²) < 4.78 is 6.59. The van der Waals surface area contributed by atoms with E-state index in [9.17, 15) is 4.79 Å². The number of halogens is 1. The van der Waals surface area contributed by atoms with Crippen LogP contribution in [0.3, 0.4) is 0 Å². The third-order valence-corrected chi connectivity index (χ3v) is 3.71. The largest absolute Gasteiger partial charge is 0.483 e. The van der Waals surface area contributed by atoms with Crippen LogP contribution in [0.4, 0.5) is 0 Å². The normalized spacial score (nSPS) is 10.8. The molecule has 0 bridgehead atoms. The number of amides is 1. The predicted octanol–water partition coefficient (Wildman–Crippen LogP) is 3.90. The lowest BCUT2D eigenvalue weighted by atomic mass is 10.1. The minimum absolute atomic E-state index is 0.0749. The van der Waals surface area contributed by atoms with Crippen molar-refractivity contribution in [2.45, 2.75) is 20.8 Å². The van der Waals surface area contributed by atoms with Gasteiger partial charge in [0.2, 0.25) is 0 Å². The van der Waals surface area contributed by atoms with Gasteiger partial charge in [0.25, 0.3) is 5.91 Å². The van der Waals surface area contributed by atoms with Crippen LogP contribution in [0, 0.1) is 20.8 Å². The summed E-state index contributed by atoms with van der Waals surface area (Å²) in [6.07, 6.45) is 1.60. The highest BCUT2D eigenvalue weighted by Crippen LogP contribution is 2.27. The van der Waals surface area contributed by atoms with E-state index in [0.717, 1.165) is 26.9 Å². The Morgan fingerprint density at radius 1 is 1.17 bits per heavy atom. The van der Waals surface area contributed by atoms with Gasteiger partial charge in [-0.15, -0.1) is 0 Å². The second-order valence-electron chi connectivity index (χ2n) is 5.36. The second kappa shape index (κ2) is 7.92. The SMILES string of the molecule is Cc1ccc(/C=N/NC(=O)COc2c(C)cc(Br)cc2C)cc1. The number of carbonyl (C=O) groups is 1. The molecule has 0 atom stereocenters. The molecule has 0 heterocycles. The molecule has 2 rings (SSSR count). The summed E-state index contributed by atoms with van der Waals surface area (Å²) in [5, 5.41) is 3.93. The number of hydrogen-bond acceptors (Lipinski definition) is 3. The monoisotopic (exact) mass is 374 g/mol. The van der Waals surface area contributed by atoms with Crippen LogP contribution in [0.25, 0.3) is 0 Å². The van der Waals surface area contributed by atoms with Gasteiger partial charge in [-0.25, -0.2) is 5.43 Å². The summed E-state index contributed by atoms with van der Waals surface area (Å²) in [5.41, 5.74) is 6.53. The quantitative estimate of drug-likeness (QED) is 0.637. The minimum atomic E-state index is -0.296. The summed E-state index contributed by atoms with van der Waals surface area (Å²) in [6, 6.07) is 11.8. The van der Waals surface area contributed by atoms with E-state index >= 15 is 0 Å². The first kappa shape index (κ1) is 17.2. The number of benzene rings is 2. The summed E-state index contributed by atoms with van der Waals surface area (Å²) in [6.45, 7) is 5.84. The molecule has 2 aromatic carbocycles. The highest BCUT2D eigenvalue weighted by molar-refractivity contribution is 9.10. The van der Waals surface area contributed by atoms with E-state index in [0.29, 0.717) is 0 Å². The van der Waals surface area contributed by atoms with Crippen LogP contribution in [0.2, 0.25) is 0 Å². The Bertz CT molecular complexity index is 701. The Hall–Kier alpha value is -2.14. The number of ether oxygens (including phenoxy) is 1. The van der Waals surface area contributed by atoms with E-state index in [4.69, 9.17) is 4.74 Å². The molecule has 0 saturated carbocycles. The maximum Gasteiger partial charge on any atom is 0.277 e. The van der Waals surface area contributed by atoms with E-state index in [-0.39, 0.29) is 12.5 Å². The lowest BCUT2D eigenvalue weighted by molar-refractivity contribution is -0.123. The Morgan fingerprint density at radius 3 is 2.39 bits per heavy atom. The van der Waals surface area contributed by atoms with Gasteiger partial charge < -0.3 is 4.74 Å². The molecule has 0 fully saturated rings. The number of carbonyl (C=O) groups excluding carboxylic acids is 1.